The number of Topliss-reactive ketones (excluding diaryl/α,β-unsaturated/α-hetero) is 1. The van der Waals surface area contributed by atoms with Crippen molar-refractivity contribution in [3.63, 3.8) is 0 Å². The number of esters is 2. The van der Waals surface area contributed by atoms with Gasteiger partial charge in [-0.05, 0) is 57.5 Å². The van der Waals surface area contributed by atoms with Gasteiger partial charge in [-0.15, -0.1) is 0 Å². The van der Waals surface area contributed by atoms with Crippen LogP contribution in [0.5, 0.6) is 5.75 Å². The first-order chi connectivity index (χ1) is 12.8. The molecule has 1 aromatic carbocycles. The normalized spacial score (nSPS) is 11.6. The molecular formula is C20H23NO6. The fourth-order valence-electron chi connectivity index (χ4n) is 2.73. The number of hydrogen-bond donors (Lipinski definition) is 1. The quantitative estimate of drug-likeness (QED) is 0.591. The minimum Gasteiger partial charge on any atom is -0.497 e. The van der Waals surface area contributed by atoms with Gasteiger partial charge in [-0.3, -0.25) is 4.79 Å². The summed E-state index contributed by atoms with van der Waals surface area (Å²) in [6.45, 7) is 6.72. The van der Waals surface area contributed by atoms with Gasteiger partial charge in [0.15, 0.2) is 6.10 Å². The summed E-state index contributed by atoms with van der Waals surface area (Å²) in [5.41, 5.74) is 1.75. The highest BCUT2D eigenvalue weighted by Gasteiger charge is 2.27. The van der Waals surface area contributed by atoms with E-state index in [-0.39, 0.29) is 23.6 Å². The second kappa shape index (κ2) is 8.53. The summed E-state index contributed by atoms with van der Waals surface area (Å²) in [7, 11) is 1.54. The molecule has 1 atom stereocenters. The van der Waals surface area contributed by atoms with Crippen molar-refractivity contribution in [3.05, 3.63) is 52.3 Å². The Morgan fingerprint density at radius 3 is 2.26 bits per heavy atom. The highest BCUT2D eigenvalue weighted by Crippen LogP contribution is 2.21. The summed E-state index contributed by atoms with van der Waals surface area (Å²) in [6.07, 6.45) is -0.981. The fraction of sp³-hybridized carbons (Fsp3) is 0.350. The van der Waals surface area contributed by atoms with E-state index < -0.39 is 18.0 Å². The first kappa shape index (κ1) is 20.2. The topological polar surface area (TPSA) is 94.7 Å². The number of benzene rings is 1. The van der Waals surface area contributed by atoms with Gasteiger partial charge in [0.2, 0.25) is 5.78 Å². The second-order valence-corrected chi connectivity index (χ2v) is 5.99. The molecule has 0 aliphatic heterocycles. The average molecular weight is 373 g/mol. The zero-order chi connectivity index (χ0) is 20.1. The van der Waals surface area contributed by atoms with E-state index >= 15 is 0 Å². The zero-order valence-corrected chi connectivity index (χ0v) is 16.0. The lowest BCUT2D eigenvalue weighted by Crippen LogP contribution is -2.25. The third kappa shape index (κ3) is 4.36. The molecule has 27 heavy (non-hydrogen) atoms. The number of ketones is 1. The van der Waals surface area contributed by atoms with Crippen molar-refractivity contribution in [2.45, 2.75) is 33.8 Å². The standard InChI is InChI=1S/C20H23NO6/c1-6-26-20(24)17-11(2)16(12(3)21-17)19(23)27-13(4)18(22)14-7-9-15(25-5)10-8-14/h7-10,13,21H,6H2,1-5H3/t13-/m0/s1. The summed E-state index contributed by atoms with van der Waals surface area (Å²) < 4.78 is 15.4. The monoisotopic (exact) mass is 373 g/mol. The van der Waals surface area contributed by atoms with Gasteiger partial charge in [-0.2, -0.15) is 0 Å². The molecular weight excluding hydrogens is 350 g/mol. The molecule has 2 rings (SSSR count). The molecule has 0 unspecified atom stereocenters. The zero-order valence-electron chi connectivity index (χ0n) is 16.0. The van der Waals surface area contributed by atoms with Gasteiger partial charge in [-0.25, -0.2) is 9.59 Å². The van der Waals surface area contributed by atoms with E-state index in [2.05, 4.69) is 4.98 Å². The molecule has 0 radical (unpaired) electrons. The van der Waals surface area contributed by atoms with Gasteiger partial charge in [0, 0.05) is 11.3 Å². The van der Waals surface area contributed by atoms with E-state index in [4.69, 9.17) is 14.2 Å². The number of nitrogens with one attached hydrogen (secondary N) is 1. The molecule has 2 aromatic rings. The van der Waals surface area contributed by atoms with Crippen molar-refractivity contribution in [2.75, 3.05) is 13.7 Å². The molecule has 1 heterocycles. The number of hydrogen-bond acceptors (Lipinski definition) is 6. The summed E-state index contributed by atoms with van der Waals surface area (Å²) in [5, 5.41) is 0. The molecule has 144 valence electrons. The first-order valence-electron chi connectivity index (χ1n) is 8.55. The largest absolute Gasteiger partial charge is 0.497 e. The number of carbonyl (C=O) groups is 3. The molecule has 0 saturated carbocycles. The minimum absolute atomic E-state index is 0.204. The Bertz CT molecular complexity index is 850. The number of aromatic amines is 1. The van der Waals surface area contributed by atoms with Gasteiger partial charge in [0.25, 0.3) is 0 Å². The van der Waals surface area contributed by atoms with Gasteiger partial charge in [-0.1, -0.05) is 0 Å². The number of rotatable bonds is 7. The Morgan fingerprint density at radius 1 is 1.07 bits per heavy atom. The smallest absolute Gasteiger partial charge is 0.355 e. The third-order valence-corrected chi connectivity index (χ3v) is 4.15. The number of carbonyl (C=O) groups excluding carboxylic acids is 3. The Kier molecular flexibility index (Phi) is 6.39. The molecule has 1 aromatic heterocycles. The molecule has 7 heteroatoms. The van der Waals surface area contributed by atoms with E-state index in [1.807, 2.05) is 0 Å². The summed E-state index contributed by atoms with van der Waals surface area (Å²) >= 11 is 0. The summed E-state index contributed by atoms with van der Waals surface area (Å²) in [6, 6.07) is 6.54. The van der Waals surface area contributed by atoms with Crippen LogP contribution in [0.4, 0.5) is 0 Å². The van der Waals surface area contributed by atoms with Crippen molar-refractivity contribution >= 4 is 17.7 Å². The lowest BCUT2D eigenvalue weighted by molar-refractivity contribution is 0.0317. The lowest BCUT2D eigenvalue weighted by atomic mass is 10.1. The van der Waals surface area contributed by atoms with E-state index in [0.29, 0.717) is 22.6 Å². The maximum absolute atomic E-state index is 12.6. The number of ether oxygens (including phenoxy) is 3. The third-order valence-electron chi connectivity index (χ3n) is 4.15. The number of H-pyrrole nitrogens is 1. The molecule has 0 fully saturated rings. The first-order valence-corrected chi connectivity index (χ1v) is 8.55. The molecule has 0 amide bonds. The highest BCUT2D eigenvalue weighted by molar-refractivity contribution is 6.03. The predicted molar refractivity (Wildman–Crippen MR) is 98.4 cm³/mol. The maximum Gasteiger partial charge on any atom is 0.355 e. The Balaban J connectivity index is 2.16. The van der Waals surface area contributed by atoms with Crippen LogP contribution in [-0.2, 0) is 9.47 Å². The molecule has 0 saturated heterocycles. The highest BCUT2D eigenvalue weighted by atomic mass is 16.5. The Hall–Kier alpha value is -3.09. The van der Waals surface area contributed by atoms with E-state index in [1.54, 1.807) is 45.0 Å². The molecule has 1 N–H and O–H groups in total. The number of methoxy groups -OCH3 is 1. The van der Waals surface area contributed by atoms with Gasteiger partial charge in [0.1, 0.15) is 11.4 Å². The minimum atomic E-state index is -0.981. The Labute approximate surface area is 157 Å². The molecule has 7 nitrogen and oxygen atoms in total. The Morgan fingerprint density at radius 2 is 1.70 bits per heavy atom. The number of aryl methyl sites for hydroxylation is 1. The SMILES string of the molecule is CCOC(=O)c1[nH]c(C)c(C(=O)O[C@@H](C)C(=O)c2ccc(OC)cc2)c1C. The fourth-order valence-corrected chi connectivity index (χ4v) is 2.73. The molecule has 0 aliphatic rings. The van der Waals surface area contributed by atoms with Crippen LogP contribution < -0.4 is 4.74 Å². The van der Waals surface area contributed by atoms with Crippen LogP contribution in [0.3, 0.4) is 0 Å². The molecule has 0 aliphatic carbocycles. The lowest BCUT2D eigenvalue weighted by Gasteiger charge is -2.13. The van der Waals surface area contributed by atoms with E-state index in [0.717, 1.165) is 0 Å². The van der Waals surface area contributed by atoms with Crippen molar-refractivity contribution in [3.8, 4) is 5.75 Å². The van der Waals surface area contributed by atoms with Crippen LogP contribution in [0.1, 0.15) is 56.3 Å². The van der Waals surface area contributed by atoms with Crippen LogP contribution in [0.15, 0.2) is 24.3 Å². The molecule has 0 bridgehead atoms. The van der Waals surface area contributed by atoms with E-state index in [1.165, 1.54) is 14.0 Å². The van der Waals surface area contributed by atoms with Gasteiger partial charge in [0.05, 0.1) is 19.3 Å². The van der Waals surface area contributed by atoms with Crippen molar-refractivity contribution in [1.82, 2.24) is 4.98 Å². The van der Waals surface area contributed by atoms with Crippen LogP contribution in [0.2, 0.25) is 0 Å². The van der Waals surface area contributed by atoms with Crippen molar-refractivity contribution < 1.29 is 28.6 Å². The average Bonchev–Trinajstić information content (AvgIpc) is 2.95. The number of aromatic nitrogens is 1. The second-order valence-electron chi connectivity index (χ2n) is 5.99. The van der Waals surface area contributed by atoms with Crippen LogP contribution >= 0.6 is 0 Å². The van der Waals surface area contributed by atoms with E-state index in [9.17, 15) is 14.4 Å². The van der Waals surface area contributed by atoms with Gasteiger partial charge < -0.3 is 19.2 Å². The molecule has 0 spiro atoms. The van der Waals surface area contributed by atoms with Crippen molar-refractivity contribution in [2.24, 2.45) is 0 Å². The van der Waals surface area contributed by atoms with Crippen LogP contribution in [0, 0.1) is 13.8 Å². The summed E-state index contributed by atoms with van der Waals surface area (Å²) in [4.78, 5) is 39.8. The van der Waals surface area contributed by atoms with Crippen molar-refractivity contribution in [1.29, 1.82) is 0 Å². The van der Waals surface area contributed by atoms with Crippen LogP contribution in [-0.4, -0.2) is 42.5 Å². The maximum atomic E-state index is 12.6. The predicted octanol–water partition coefficient (Wildman–Crippen LogP) is 3.25. The van der Waals surface area contributed by atoms with Crippen LogP contribution in [0.25, 0.3) is 0 Å². The van der Waals surface area contributed by atoms with Gasteiger partial charge >= 0.3 is 11.9 Å². The summed E-state index contributed by atoms with van der Waals surface area (Å²) in [5.74, 6) is -0.922.